The third-order valence-corrected chi connectivity index (χ3v) is 5.08. The van der Waals surface area contributed by atoms with Crippen molar-refractivity contribution in [1.82, 2.24) is 0 Å². The van der Waals surface area contributed by atoms with Crippen molar-refractivity contribution in [1.29, 1.82) is 0 Å². The second-order valence-electron chi connectivity index (χ2n) is 2.92. The SMILES string of the molecule is C=C(OCC)C(=O)Oc1ccc(Br)c(Br)c1Br. The molecule has 0 saturated heterocycles. The van der Waals surface area contributed by atoms with E-state index in [2.05, 4.69) is 54.4 Å². The van der Waals surface area contributed by atoms with Crippen molar-refractivity contribution in [2.24, 2.45) is 0 Å². The molecule has 0 radical (unpaired) electrons. The topological polar surface area (TPSA) is 35.5 Å². The second kappa shape index (κ2) is 6.56. The highest BCUT2D eigenvalue weighted by atomic mass is 79.9. The molecule has 1 rings (SSSR count). The van der Waals surface area contributed by atoms with Crippen LogP contribution < -0.4 is 4.74 Å². The Morgan fingerprint density at radius 3 is 2.53 bits per heavy atom. The van der Waals surface area contributed by atoms with Crippen LogP contribution in [0.2, 0.25) is 0 Å². The average Bonchev–Trinajstić information content (AvgIpc) is 2.30. The van der Waals surface area contributed by atoms with Crippen LogP contribution >= 0.6 is 47.8 Å². The van der Waals surface area contributed by atoms with E-state index in [1.165, 1.54) is 0 Å². The highest BCUT2D eigenvalue weighted by Gasteiger charge is 2.15. The van der Waals surface area contributed by atoms with Crippen molar-refractivity contribution in [2.75, 3.05) is 6.61 Å². The zero-order valence-corrected chi connectivity index (χ0v) is 13.7. The molecular weight excluding hydrogens is 420 g/mol. The molecule has 0 aliphatic rings. The Hall–Kier alpha value is -0.330. The number of carbonyl (C=O) groups is 1. The second-order valence-corrected chi connectivity index (χ2v) is 5.36. The Bertz CT molecular complexity index is 458. The van der Waals surface area contributed by atoms with Crippen molar-refractivity contribution >= 4 is 53.8 Å². The van der Waals surface area contributed by atoms with Crippen molar-refractivity contribution in [3.63, 3.8) is 0 Å². The van der Waals surface area contributed by atoms with E-state index in [0.29, 0.717) is 16.8 Å². The van der Waals surface area contributed by atoms with E-state index < -0.39 is 5.97 Å². The van der Waals surface area contributed by atoms with Gasteiger partial charge in [-0.15, -0.1) is 0 Å². The third-order valence-electron chi connectivity index (χ3n) is 1.75. The molecular formula is C11H9Br3O3. The van der Waals surface area contributed by atoms with E-state index >= 15 is 0 Å². The summed E-state index contributed by atoms with van der Waals surface area (Å²) in [5.74, 6) is -0.230. The Labute approximate surface area is 125 Å². The first-order valence-electron chi connectivity index (χ1n) is 4.64. The lowest BCUT2D eigenvalue weighted by atomic mass is 10.3. The number of rotatable bonds is 4. The van der Waals surface area contributed by atoms with Gasteiger partial charge in [0.15, 0.2) is 5.76 Å². The van der Waals surface area contributed by atoms with Gasteiger partial charge in [-0.25, -0.2) is 4.79 Å². The number of hydrogen-bond donors (Lipinski definition) is 0. The number of ether oxygens (including phenoxy) is 2. The quantitative estimate of drug-likeness (QED) is 0.234. The van der Waals surface area contributed by atoms with Gasteiger partial charge in [0.1, 0.15) is 5.75 Å². The van der Waals surface area contributed by atoms with E-state index in [4.69, 9.17) is 9.47 Å². The first kappa shape index (κ1) is 14.7. The summed E-state index contributed by atoms with van der Waals surface area (Å²) in [6.45, 7) is 5.62. The smallest absolute Gasteiger partial charge is 0.378 e. The van der Waals surface area contributed by atoms with Crippen LogP contribution in [-0.4, -0.2) is 12.6 Å². The summed E-state index contributed by atoms with van der Waals surface area (Å²) in [4.78, 5) is 11.6. The number of benzene rings is 1. The fourth-order valence-electron chi connectivity index (χ4n) is 0.977. The summed E-state index contributed by atoms with van der Waals surface area (Å²) >= 11 is 10.0. The number of halogens is 3. The van der Waals surface area contributed by atoms with Crippen LogP contribution in [-0.2, 0) is 9.53 Å². The van der Waals surface area contributed by atoms with Gasteiger partial charge in [0, 0.05) is 8.95 Å². The van der Waals surface area contributed by atoms with E-state index in [9.17, 15) is 4.79 Å². The molecule has 92 valence electrons. The largest absolute Gasteiger partial charge is 0.487 e. The molecule has 0 amide bonds. The fraction of sp³-hybridized carbons (Fsp3) is 0.182. The van der Waals surface area contributed by atoms with Crippen LogP contribution in [0.4, 0.5) is 0 Å². The third kappa shape index (κ3) is 3.82. The van der Waals surface area contributed by atoms with Gasteiger partial charge in [0.05, 0.1) is 11.1 Å². The van der Waals surface area contributed by atoms with Crippen molar-refractivity contribution in [3.05, 3.63) is 37.9 Å². The molecule has 3 nitrogen and oxygen atoms in total. The molecule has 0 aromatic heterocycles. The van der Waals surface area contributed by atoms with Gasteiger partial charge in [-0.2, -0.15) is 0 Å². The summed E-state index contributed by atoms with van der Waals surface area (Å²) in [6, 6.07) is 3.43. The van der Waals surface area contributed by atoms with E-state index in [-0.39, 0.29) is 5.76 Å². The summed E-state index contributed by atoms with van der Waals surface area (Å²) in [5, 5.41) is 0. The van der Waals surface area contributed by atoms with Crippen LogP contribution in [0, 0.1) is 0 Å². The minimum atomic E-state index is -0.609. The van der Waals surface area contributed by atoms with Crippen molar-refractivity contribution < 1.29 is 14.3 Å². The van der Waals surface area contributed by atoms with Crippen molar-refractivity contribution in [2.45, 2.75) is 6.92 Å². The summed E-state index contributed by atoms with van der Waals surface area (Å²) < 4.78 is 12.4. The van der Waals surface area contributed by atoms with E-state index in [1.807, 2.05) is 0 Å². The molecule has 0 fully saturated rings. The lowest BCUT2D eigenvalue weighted by molar-refractivity contribution is -0.133. The van der Waals surface area contributed by atoms with Crippen LogP contribution in [0.3, 0.4) is 0 Å². The van der Waals surface area contributed by atoms with Crippen LogP contribution in [0.1, 0.15) is 6.92 Å². The summed E-state index contributed by atoms with van der Waals surface area (Å²) in [5.41, 5.74) is 0. The molecule has 0 unspecified atom stereocenters. The molecule has 0 aliphatic carbocycles. The Balaban J connectivity index is 2.86. The van der Waals surface area contributed by atoms with Gasteiger partial charge in [-0.3, -0.25) is 0 Å². The number of esters is 1. The highest BCUT2D eigenvalue weighted by Crippen LogP contribution is 2.37. The van der Waals surface area contributed by atoms with Gasteiger partial charge in [0.2, 0.25) is 0 Å². The molecule has 0 saturated carbocycles. The van der Waals surface area contributed by atoms with E-state index in [1.54, 1.807) is 19.1 Å². The van der Waals surface area contributed by atoms with E-state index in [0.717, 1.165) is 8.95 Å². The monoisotopic (exact) mass is 426 g/mol. The Kier molecular flexibility index (Phi) is 5.69. The standard InChI is InChI=1S/C11H9Br3O3/c1-3-16-6(2)11(15)17-8-5-4-7(12)9(13)10(8)14/h4-5H,2-3H2,1H3. The summed E-state index contributed by atoms with van der Waals surface area (Å²) in [7, 11) is 0. The summed E-state index contributed by atoms with van der Waals surface area (Å²) in [6.07, 6.45) is 0. The van der Waals surface area contributed by atoms with Crippen molar-refractivity contribution in [3.8, 4) is 5.75 Å². The van der Waals surface area contributed by atoms with Crippen LogP contribution in [0.15, 0.2) is 37.9 Å². The molecule has 17 heavy (non-hydrogen) atoms. The lowest BCUT2D eigenvalue weighted by Gasteiger charge is -2.10. The Morgan fingerprint density at radius 1 is 1.29 bits per heavy atom. The number of hydrogen-bond acceptors (Lipinski definition) is 3. The van der Waals surface area contributed by atoms with Gasteiger partial charge in [-0.1, -0.05) is 0 Å². The molecule has 0 aliphatic heterocycles. The first-order chi connectivity index (χ1) is 7.97. The molecule has 1 aromatic carbocycles. The molecule has 0 heterocycles. The fourth-order valence-corrected chi connectivity index (χ4v) is 2.33. The molecule has 6 heteroatoms. The average molecular weight is 429 g/mol. The Morgan fingerprint density at radius 2 is 1.94 bits per heavy atom. The number of carbonyl (C=O) groups excluding carboxylic acids is 1. The maximum Gasteiger partial charge on any atom is 0.378 e. The molecule has 0 bridgehead atoms. The molecule has 1 aromatic rings. The predicted octanol–water partition coefficient (Wildman–Crippen LogP) is 4.43. The van der Waals surface area contributed by atoms with Crippen LogP contribution in [0.5, 0.6) is 5.75 Å². The van der Waals surface area contributed by atoms with Gasteiger partial charge in [-0.05, 0) is 73.4 Å². The predicted molar refractivity (Wildman–Crippen MR) is 75.9 cm³/mol. The van der Waals surface area contributed by atoms with Gasteiger partial charge >= 0.3 is 5.97 Å². The van der Waals surface area contributed by atoms with Gasteiger partial charge < -0.3 is 9.47 Å². The lowest BCUT2D eigenvalue weighted by Crippen LogP contribution is -2.13. The minimum absolute atomic E-state index is 0.0153. The normalized spacial score (nSPS) is 9.88. The molecule has 0 atom stereocenters. The maximum absolute atomic E-state index is 11.6. The molecule has 0 N–H and O–H groups in total. The van der Waals surface area contributed by atoms with Crippen LogP contribution in [0.25, 0.3) is 0 Å². The molecule has 0 spiro atoms. The maximum atomic E-state index is 11.6. The zero-order chi connectivity index (χ0) is 13.0. The first-order valence-corrected chi connectivity index (χ1v) is 7.02. The zero-order valence-electron chi connectivity index (χ0n) is 8.93. The minimum Gasteiger partial charge on any atom is -0.487 e. The van der Waals surface area contributed by atoms with Gasteiger partial charge in [0.25, 0.3) is 0 Å². The highest BCUT2D eigenvalue weighted by molar-refractivity contribution is 9.14.